The van der Waals surface area contributed by atoms with Gasteiger partial charge in [0.1, 0.15) is 0 Å². The Hall–Kier alpha value is -1.40. The van der Waals surface area contributed by atoms with Gasteiger partial charge in [-0.05, 0) is 12.8 Å². The van der Waals surface area contributed by atoms with Gasteiger partial charge in [-0.25, -0.2) is 4.98 Å². The Morgan fingerprint density at radius 2 is 2.17 bits per heavy atom. The topological polar surface area (TPSA) is 67.6 Å². The second kappa shape index (κ2) is 4.70. The average molecular weight is 251 g/mol. The first-order valence-electron chi connectivity index (χ1n) is 6.33. The summed E-state index contributed by atoms with van der Waals surface area (Å²) in [6.07, 6.45) is 5.69. The highest BCUT2D eigenvalue weighted by Crippen LogP contribution is 2.37. The Morgan fingerprint density at radius 3 is 2.78 bits per heavy atom. The van der Waals surface area contributed by atoms with Crippen LogP contribution in [-0.4, -0.2) is 51.8 Å². The maximum absolute atomic E-state index is 11.6. The second-order valence-corrected chi connectivity index (χ2v) is 4.85. The predicted molar refractivity (Wildman–Crippen MR) is 63.3 cm³/mol. The van der Waals surface area contributed by atoms with Gasteiger partial charge < -0.3 is 14.4 Å². The quantitative estimate of drug-likeness (QED) is 0.852. The molecule has 1 saturated heterocycles. The minimum absolute atomic E-state index is 0.449. The molecular weight excluding hydrogens is 234 g/mol. The zero-order valence-corrected chi connectivity index (χ0v) is 10.2. The molecule has 1 aromatic rings. The Bertz CT molecular complexity index is 436. The zero-order chi connectivity index (χ0) is 12.5. The number of hydrogen-bond acceptors (Lipinski definition) is 4. The van der Waals surface area contributed by atoms with E-state index in [9.17, 15) is 9.90 Å². The highest BCUT2D eigenvalue weighted by molar-refractivity contribution is 5.75. The number of hydrogen-bond donors (Lipinski definition) is 1. The Labute approximate surface area is 105 Å². The van der Waals surface area contributed by atoms with Gasteiger partial charge in [-0.2, -0.15) is 0 Å². The van der Waals surface area contributed by atoms with E-state index in [0.717, 1.165) is 18.5 Å². The van der Waals surface area contributed by atoms with E-state index in [-0.39, 0.29) is 0 Å². The molecule has 6 heteroatoms. The largest absolute Gasteiger partial charge is 0.480 e. The third-order valence-corrected chi connectivity index (χ3v) is 3.56. The van der Waals surface area contributed by atoms with E-state index < -0.39 is 12.0 Å². The monoisotopic (exact) mass is 251 g/mol. The van der Waals surface area contributed by atoms with Crippen LogP contribution in [0.25, 0.3) is 0 Å². The fourth-order valence-electron chi connectivity index (χ4n) is 2.49. The molecule has 2 heterocycles. The van der Waals surface area contributed by atoms with Crippen LogP contribution in [0, 0.1) is 0 Å². The van der Waals surface area contributed by atoms with Gasteiger partial charge in [0, 0.05) is 19.1 Å². The minimum atomic E-state index is -0.806. The Morgan fingerprint density at radius 1 is 1.44 bits per heavy atom. The maximum Gasteiger partial charge on any atom is 0.327 e. The molecule has 0 aromatic carbocycles. The average Bonchev–Trinajstić information content (AvgIpc) is 3.11. The summed E-state index contributed by atoms with van der Waals surface area (Å²) in [5, 5.41) is 9.50. The van der Waals surface area contributed by atoms with E-state index in [2.05, 4.69) is 4.98 Å². The van der Waals surface area contributed by atoms with Gasteiger partial charge in [-0.3, -0.25) is 9.69 Å². The molecule has 0 bridgehead atoms. The normalized spacial score (nSPS) is 22.9. The summed E-state index contributed by atoms with van der Waals surface area (Å²) in [7, 11) is 0. The van der Waals surface area contributed by atoms with Crippen molar-refractivity contribution in [1.29, 1.82) is 0 Å². The van der Waals surface area contributed by atoms with Crippen molar-refractivity contribution in [1.82, 2.24) is 14.5 Å². The third-order valence-electron chi connectivity index (χ3n) is 3.56. The number of imidazole rings is 1. The molecule has 2 fully saturated rings. The molecule has 1 aliphatic carbocycles. The summed E-state index contributed by atoms with van der Waals surface area (Å²) < 4.78 is 7.30. The summed E-state index contributed by atoms with van der Waals surface area (Å²) in [4.78, 5) is 17.7. The van der Waals surface area contributed by atoms with Crippen molar-refractivity contribution in [2.45, 2.75) is 24.9 Å². The highest BCUT2D eigenvalue weighted by Gasteiger charge is 2.34. The maximum atomic E-state index is 11.6. The van der Waals surface area contributed by atoms with E-state index >= 15 is 0 Å². The first-order chi connectivity index (χ1) is 8.77. The van der Waals surface area contributed by atoms with Crippen LogP contribution in [0.4, 0.5) is 0 Å². The summed E-state index contributed by atoms with van der Waals surface area (Å²) in [5.41, 5.74) is 0.798. The van der Waals surface area contributed by atoms with Crippen LogP contribution in [-0.2, 0) is 9.53 Å². The lowest BCUT2D eigenvalue weighted by Crippen LogP contribution is -2.42. The first-order valence-corrected chi connectivity index (χ1v) is 6.33. The molecule has 2 aliphatic rings. The molecule has 98 valence electrons. The van der Waals surface area contributed by atoms with Gasteiger partial charge >= 0.3 is 5.97 Å². The van der Waals surface area contributed by atoms with Crippen LogP contribution in [0.3, 0.4) is 0 Å². The van der Waals surface area contributed by atoms with Crippen LogP contribution in [0.2, 0.25) is 0 Å². The molecule has 1 unspecified atom stereocenters. The summed E-state index contributed by atoms with van der Waals surface area (Å²) in [6.45, 7) is 2.52. The van der Waals surface area contributed by atoms with Crippen molar-refractivity contribution in [3.63, 3.8) is 0 Å². The third kappa shape index (κ3) is 2.13. The number of morpholine rings is 1. The van der Waals surface area contributed by atoms with Crippen LogP contribution in [0.5, 0.6) is 0 Å². The van der Waals surface area contributed by atoms with Gasteiger partial charge in [0.15, 0.2) is 6.04 Å². The molecular formula is C12H17N3O3. The Kier molecular flexibility index (Phi) is 3.05. The number of ether oxygens (including phenoxy) is 1. The zero-order valence-electron chi connectivity index (χ0n) is 10.2. The van der Waals surface area contributed by atoms with Gasteiger partial charge in [-0.15, -0.1) is 0 Å². The molecule has 0 amide bonds. The number of nitrogens with zero attached hydrogens (tertiary/aromatic N) is 3. The SMILES string of the molecule is O=C(O)C(c1cncn1C1CC1)N1CCOCC1. The molecule has 1 aromatic heterocycles. The highest BCUT2D eigenvalue weighted by atomic mass is 16.5. The number of rotatable bonds is 4. The standard InChI is InChI=1S/C12H17N3O3/c16-12(17)11(14-3-5-18-6-4-14)10-7-13-8-15(10)9-1-2-9/h7-9,11H,1-6H2,(H,16,17). The van der Waals surface area contributed by atoms with Crippen molar-refractivity contribution in [2.24, 2.45) is 0 Å². The van der Waals surface area contributed by atoms with Crippen molar-refractivity contribution in [3.05, 3.63) is 18.2 Å². The summed E-state index contributed by atoms with van der Waals surface area (Å²) >= 11 is 0. The van der Waals surface area contributed by atoms with E-state index in [4.69, 9.17) is 4.74 Å². The van der Waals surface area contributed by atoms with Crippen molar-refractivity contribution in [3.8, 4) is 0 Å². The lowest BCUT2D eigenvalue weighted by atomic mass is 10.1. The van der Waals surface area contributed by atoms with Crippen molar-refractivity contribution < 1.29 is 14.6 Å². The van der Waals surface area contributed by atoms with E-state index in [1.165, 1.54) is 0 Å². The number of carbonyl (C=O) groups is 1. The molecule has 6 nitrogen and oxygen atoms in total. The molecule has 0 radical (unpaired) electrons. The van der Waals surface area contributed by atoms with Crippen LogP contribution >= 0.6 is 0 Å². The summed E-state index contributed by atoms with van der Waals surface area (Å²) in [6, 6.07) is -0.151. The van der Waals surface area contributed by atoms with E-state index in [1.807, 2.05) is 9.47 Å². The van der Waals surface area contributed by atoms with Gasteiger partial charge in [0.2, 0.25) is 0 Å². The molecule has 1 atom stereocenters. The number of carboxylic acid groups (broad SMARTS) is 1. The smallest absolute Gasteiger partial charge is 0.327 e. The molecule has 0 spiro atoms. The molecule has 18 heavy (non-hydrogen) atoms. The number of aromatic nitrogens is 2. The van der Waals surface area contributed by atoms with Crippen LogP contribution < -0.4 is 0 Å². The molecule has 1 aliphatic heterocycles. The lowest BCUT2D eigenvalue weighted by molar-refractivity contribution is -0.145. The van der Waals surface area contributed by atoms with E-state index in [0.29, 0.717) is 32.3 Å². The molecule has 1 N–H and O–H groups in total. The molecule has 1 saturated carbocycles. The predicted octanol–water partition coefficient (Wildman–Crippen LogP) is 0.676. The number of carboxylic acids is 1. The fourth-order valence-corrected chi connectivity index (χ4v) is 2.49. The Balaban J connectivity index is 1.87. The fraction of sp³-hybridized carbons (Fsp3) is 0.667. The minimum Gasteiger partial charge on any atom is -0.480 e. The van der Waals surface area contributed by atoms with Crippen LogP contribution in [0.15, 0.2) is 12.5 Å². The second-order valence-electron chi connectivity index (χ2n) is 4.85. The molecule has 3 rings (SSSR count). The van der Waals surface area contributed by atoms with E-state index in [1.54, 1.807) is 12.5 Å². The van der Waals surface area contributed by atoms with Crippen LogP contribution in [0.1, 0.15) is 30.6 Å². The summed E-state index contributed by atoms with van der Waals surface area (Å²) in [5.74, 6) is -0.806. The van der Waals surface area contributed by atoms with Gasteiger partial charge in [0.25, 0.3) is 0 Å². The van der Waals surface area contributed by atoms with Gasteiger partial charge in [0.05, 0.1) is 31.4 Å². The lowest BCUT2D eigenvalue weighted by Gasteiger charge is -2.32. The van der Waals surface area contributed by atoms with Gasteiger partial charge in [-0.1, -0.05) is 0 Å². The van der Waals surface area contributed by atoms with Crippen molar-refractivity contribution in [2.75, 3.05) is 26.3 Å². The van der Waals surface area contributed by atoms with Crippen molar-refractivity contribution >= 4 is 5.97 Å². The number of aliphatic carboxylic acids is 1. The first kappa shape index (κ1) is 11.7.